The topological polar surface area (TPSA) is 46.3 Å². The van der Waals surface area contributed by atoms with E-state index in [-0.39, 0.29) is 6.42 Å². The predicted molar refractivity (Wildman–Crippen MR) is 66.7 cm³/mol. The van der Waals surface area contributed by atoms with Crippen LogP contribution in [0.25, 0.3) is 0 Å². The van der Waals surface area contributed by atoms with Gasteiger partial charge in [0.2, 0.25) is 5.91 Å². The highest BCUT2D eigenvalue weighted by atomic mass is 32.2. The smallest absolute Gasteiger partial charge is 0.340 e. The van der Waals surface area contributed by atoms with Crippen molar-refractivity contribution < 1.29 is 31.1 Å². The predicted octanol–water partition coefficient (Wildman–Crippen LogP) is 2.41. The van der Waals surface area contributed by atoms with Crippen LogP contribution in [0.3, 0.4) is 0 Å². The Balaban J connectivity index is 2.88. The summed E-state index contributed by atoms with van der Waals surface area (Å²) in [6.45, 7) is -2.00. The number of amides is 1. The van der Waals surface area contributed by atoms with Crippen LogP contribution in [0, 0.1) is 5.41 Å². The molecule has 1 saturated heterocycles. The number of alkyl halides is 6. The number of rotatable bonds is 4. The molecule has 1 atom stereocenters. The molecule has 0 aromatic carbocycles. The van der Waals surface area contributed by atoms with Crippen LogP contribution < -0.4 is 5.73 Å². The number of hydrogen-bond acceptors (Lipinski definition) is 3. The van der Waals surface area contributed by atoms with Gasteiger partial charge in [-0.1, -0.05) is 0 Å². The van der Waals surface area contributed by atoms with E-state index in [1.165, 1.54) is 11.8 Å². The van der Waals surface area contributed by atoms with Crippen LogP contribution in [0.1, 0.15) is 12.8 Å². The molecule has 1 aliphatic heterocycles. The number of nitrogens with two attached hydrogens (primary N) is 1. The third-order valence-electron chi connectivity index (χ3n) is 3.62. The van der Waals surface area contributed by atoms with Gasteiger partial charge in [-0.05, 0) is 24.9 Å². The molecule has 0 bridgehead atoms. The molecule has 1 aliphatic rings. The average molecular weight is 338 g/mol. The van der Waals surface area contributed by atoms with Crippen molar-refractivity contribution in [3.63, 3.8) is 0 Å². The summed E-state index contributed by atoms with van der Waals surface area (Å²) in [6, 6.07) is -1.07. The molecule has 21 heavy (non-hydrogen) atoms. The number of carbonyl (C=O) groups excluding carboxylic acids is 1. The fourth-order valence-corrected chi connectivity index (χ4v) is 2.71. The fourth-order valence-electron chi connectivity index (χ4n) is 2.22. The van der Waals surface area contributed by atoms with Crippen LogP contribution >= 0.6 is 11.8 Å². The quantitative estimate of drug-likeness (QED) is 0.801. The minimum atomic E-state index is -5.45. The van der Waals surface area contributed by atoms with Crippen molar-refractivity contribution in [2.45, 2.75) is 31.2 Å². The van der Waals surface area contributed by atoms with Gasteiger partial charge in [0.1, 0.15) is 0 Å². The highest BCUT2D eigenvalue weighted by molar-refractivity contribution is 7.98. The Morgan fingerprint density at radius 2 is 1.81 bits per heavy atom. The summed E-state index contributed by atoms with van der Waals surface area (Å²) in [5.74, 6) is -0.357. The van der Waals surface area contributed by atoms with E-state index in [0.29, 0.717) is 10.7 Å². The van der Waals surface area contributed by atoms with E-state index in [1.807, 2.05) is 0 Å². The van der Waals surface area contributed by atoms with Gasteiger partial charge >= 0.3 is 12.4 Å². The Hall–Kier alpha value is -0.640. The molecule has 0 saturated carbocycles. The maximum absolute atomic E-state index is 12.9. The molecule has 0 radical (unpaired) electrons. The van der Waals surface area contributed by atoms with Crippen molar-refractivity contribution in [2.75, 3.05) is 25.1 Å². The van der Waals surface area contributed by atoms with E-state index >= 15 is 0 Å². The lowest BCUT2D eigenvalue weighted by Crippen LogP contribution is -2.53. The first-order valence-corrected chi connectivity index (χ1v) is 7.52. The van der Waals surface area contributed by atoms with E-state index in [4.69, 9.17) is 5.73 Å². The first-order chi connectivity index (χ1) is 9.46. The summed E-state index contributed by atoms with van der Waals surface area (Å²) in [7, 11) is 0. The zero-order valence-corrected chi connectivity index (χ0v) is 12.0. The maximum Gasteiger partial charge on any atom is 0.404 e. The lowest BCUT2D eigenvalue weighted by Gasteiger charge is -2.33. The largest absolute Gasteiger partial charge is 0.404 e. The molecule has 1 amide bonds. The van der Waals surface area contributed by atoms with Crippen molar-refractivity contribution in [1.29, 1.82) is 0 Å². The molecule has 2 N–H and O–H groups in total. The standard InChI is InChI=1S/C11H16F6N2OS/c1-21-5-2-7(18)8(20)19-4-3-9(6-19,10(12,13)14)11(15,16)17/h7H,2-6,18H2,1H3/t7-/m0/s1. The zero-order chi connectivity index (χ0) is 16.5. The molecule has 124 valence electrons. The maximum atomic E-state index is 12.9. The molecule has 0 aromatic rings. The van der Waals surface area contributed by atoms with E-state index in [0.717, 1.165) is 0 Å². The van der Waals surface area contributed by atoms with Gasteiger partial charge in [0.25, 0.3) is 0 Å². The Bertz CT molecular complexity index is 370. The molecular weight excluding hydrogens is 322 g/mol. The summed E-state index contributed by atoms with van der Waals surface area (Å²) < 4.78 is 77.2. The lowest BCUT2D eigenvalue weighted by molar-refractivity contribution is -0.334. The van der Waals surface area contributed by atoms with Crippen LogP contribution in [-0.4, -0.2) is 54.3 Å². The zero-order valence-electron chi connectivity index (χ0n) is 11.2. The van der Waals surface area contributed by atoms with Crippen LogP contribution in [0.5, 0.6) is 0 Å². The second-order valence-corrected chi connectivity index (χ2v) is 5.96. The molecular formula is C11H16F6N2OS. The monoisotopic (exact) mass is 338 g/mol. The highest BCUT2D eigenvalue weighted by Gasteiger charge is 2.72. The van der Waals surface area contributed by atoms with Gasteiger partial charge in [-0.25, -0.2) is 0 Å². The molecule has 1 heterocycles. The Morgan fingerprint density at radius 3 is 2.19 bits per heavy atom. The highest BCUT2D eigenvalue weighted by Crippen LogP contribution is 2.55. The summed E-state index contributed by atoms with van der Waals surface area (Å²) in [5.41, 5.74) is 1.67. The third-order valence-corrected chi connectivity index (χ3v) is 4.26. The Kier molecular flexibility index (Phi) is 5.46. The third kappa shape index (κ3) is 3.58. The summed E-state index contributed by atoms with van der Waals surface area (Å²) >= 11 is 1.39. The molecule has 10 heteroatoms. The Morgan fingerprint density at radius 1 is 1.29 bits per heavy atom. The SMILES string of the molecule is CSCC[C@H](N)C(=O)N1CCC(C(F)(F)F)(C(F)(F)F)C1. The van der Waals surface area contributed by atoms with Crippen LogP contribution in [-0.2, 0) is 4.79 Å². The Labute approximate surface area is 122 Å². The molecule has 0 aliphatic carbocycles. The van der Waals surface area contributed by atoms with Crippen molar-refractivity contribution in [3.8, 4) is 0 Å². The van der Waals surface area contributed by atoms with Crippen LogP contribution in [0.15, 0.2) is 0 Å². The van der Waals surface area contributed by atoms with Gasteiger partial charge < -0.3 is 10.6 Å². The van der Waals surface area contributed by atoms with Crippen molar-refractivity contribution >= 4 is 17.7 Å². The van der Waals surface area contributed by atoms with Gasteiger partial charge in [0, 0.05) is 13.1 Å². The average Bonchev–Trinajstić information content (AvgIpc) is 2.80. The number of hydrogen-bond donors (Lipinski definition) is 1. The number of carbonyl (C=O) groups is 1. The summed E-state index contributed by atoms with van der Waals surface area (Å²) in [4.78, 5) is 12.4. The second kappa shape index (κ2) is 6.23. The summed E-state index contributed by atoms with van der Waals surface area (Å²) in [6.07, 6.45) is -10.1. The van der Waals surface area contributed by atoms with Crippen LogP contribution in [0.2, 0.25) is 0 Å². The minimum Gasteiger partial charge on any atom is -0.340 e. The van der Waals surface area contributed by atoms with E-state index in [9.17, 15) is 31.1 Å². The van der Waals surface area contributed by atoms with Gasteiger partial charge in [0.15, 0.2) is 5.41 Å². The van der Waals surface area contributed by atoms with Gasteiger partial charge in [0.05, 0.1) is 6.04 Å². The van der Waals surface area contributed by atoms with E-state index < -0.39 is 49.2 Å². The van der Waals surface area contributed by atoms with Gasteiger partial charge in [-0.2, -0.15) is 38.1 Å². The molecule has 0 unspecified atom stereocenters. The van der Waals surface area contributed by atoms with E-state index in [2.05, 4.69) is 0 Å². The molecule has 0 spiro atoms. The molecule has 1 rings (SSSR count). The summed E-state index contributed by atoms with van der Waals surface area (Å²) in [5, 5.41) is 0. The molecule has 1 fully saturated rings. The van der Waals surface area contributed by atoms with Gasteiger partial charge in [-0.3, -0.25) is 4.79 Å². The molecule has 0 aromatic heterocycles. The van der Waals surface area contributed by atoms with E-state index in [1.54, 1.807) is 6.26 Å². The number of halogens is 6. The first kappa shape index (κ1) is 18.4. The van der Waals surface area contributed by atoms with Crippen molar-refractivity contribution in [2.24, 2.45) is 11.1 Å². The number of likely N-dealkylation sites (tertiary alicyclic amines) is 1. The second-order valence-electron chi connectivity index (χ2n) is 4.98. The number of nitrogens with zero attached hydrogens (tertiary/aromatic N) is 1. The lowest BCUT2D eigenvalue weighted by atomic mass is 9.85. The minimum absolute atomic E-state index is 0.210. The number of thioether (sulfide) groups is 1. The van der Waals surface area contributed by atoms with Gasteiger partial charge in [-0.15, -0.1) is 0 Å². The van der Waals surface area contributed by atoms with Crippen molar-refractivity contribution in [1.82, 2.24) is 4.90 Å². The van der Waals surface area contributed by atoms with Crippen molar-refractivity contribution in [3.05, 3.63) is 0 Å². The van der Waals surface area contributed by atoms with Crippen LogP contribution in [0.4, 0.5) is 26.3 Å². The molecule has 3 nitrogen and oxygen atoms in total. The fraction of sp³-hybridized carbons (Fsp3) is 0.909. The first-order valence-electron chi connectivity index (χ1n) is 6.13. The normalized spacial score (nSPS) is 20.7.